The van der Waals surface area contributed by atoms with Crippen LogP contribution in [0.5, 0.6) is 11.5 Å². The van der Waals surface area contributed by atoms with E-state index < -0.39 is 10.0 Å². The van der Waals surface area contributed by atoms with Gasteiger partial charge in [0.2, 0.25) is 10.0 Å². The fraction of sp³-hybridized carbons (Fsp3) is 0.538. The number of hydrogen-bond donors (Lipinski definition) is 1. The Bertz CT molecular complexity index is 568. The molecule has 118 valence electrons. The molecule has 0 bridgehead atoms. The Labute approximate surface area is 124 Å². The molecule has 0 amide bonds. The van der Waals surface area contributed by atoms with Gasteiger partial charge in [0.05, 0.1) is 27.4 Å². The maximum absolute atomic E-state index is 12.3. The molecule has 1 aromatic rings. The zero-order valence-electron chi connectivity index (χ0n) is 12.0. The highest BCUT2D eigenvalue weighted by Crippen LogP contribution is 2.27. The molecular weight excluding hydrogens is 298 g/mol. The Morgan fingerprint density at radius 1 is 1.24 bits per heavy atom. The Hall–Kier alpha value is -1.35. The average Bonchev–Trinajstić information content (AvgIpc) is 2.99. The molecule has 7 nitrogen and oxygen atoms in total. The van der Waals surface area contributed by atoms with Crippen molar-refractivity contribution in [2.45, 2.75) is 17.6 Å². The van der Waals surface area contributed by atoms with Crippen LogP contribution in [0.25, 0.3) is 0 Å². The smallest absolute Gasteiger partial charge is 0.244 e. The summed E-state index contributed by atoms with van der Waals surface area (Å²) in [6.45, 7) is 1.30. The van der Waals surface area contributed by atoms with Gasteiger partial charge in [0.15, 0.2) is 6.29 Å². The summed E-state index contributed by atoms with van der Waals surface area (Å²) >= 11 is 0. The van der Waals surface area contributed by atoms with Gasteiger partial charge in [-0.3, -0.25) is 0 Å². The van der Waals surface area contributed by atoms with Gasteiger partial charge in [-0.15, -0.1) is 0 Å². The Morgan fingerprint density at radius 2 is 1.95 bits per heavy atom. The summed E-state index contributed by atoms with van der Waals surface area (Å²) in [6, 6.07) is 4.61. The molecular formula is C13H19NO6S. The normalized spacial score (nSPS) is 16.1. The molecule has 0 unspecified atom stereocenters. The maximum Gasteiger partial charge on any atom is 0.244 e. The zero-order valence-corrected chi connectivity index (χ0v) is 12.8. The SMILES string of the molecule is COc1ccc(OC)c(S(=O)(=O)NCCC2OCCO2)c1. The minimum atomic E-state index is -3.69. The molecule has 1 N–H and O–H groups in total. The third-order valence-electron chi connectivity index (χ3n) is 3.02. The van der Waals surface area contributed by atoms with Gasteiger partial charge in [-0.2, -0.15) is 0 Å². The molecule has 2 rings (SSSR count). The van der Waals surface area contributed by atoms with Gasteiger partial charge in [-0.1, -0.05) is 0 Å². The van der Waals surface area contributed by atoms with Crippen LogP contribution in [0.3, 0.4) is 0 Å². The number of ether oxygens (including phenoxy) is 4. The fourth-order valence-electron chi connectivity index (χ4n) is 1.96. The van der Waals surface area contributed by atoms with Gasteiger partial charge >= 0.3 is 0 Å². The van der Waals surface area contributed by atoms with Crippen molar-refractivity contribution in [3.63, 3.8) is 0 Å². The lowest BCUT2D eigenvalue weighted by atomic mass is 10.3. The summed E-state index contributed by atoms with van der Waals surface area (Å²) in [5.74, 6) is 0.704. The standard InChI is InChI=1S/C13H19NO6S/c1-17-10-3-4-11(18-2)12(9-10)21(15,16)14-6-5-13-19-7-8-20-13/h3-4,9,13-14H,5-8H2,1-2H3. The van der Waals surface area contributed by atoms with Gasteiger partial charge in [-0.25, -0.2) is 13.1 Å². The van der Waals surface area contributed by atoms with E-state index in [1.807, 2.05) is 0 Å². The molecule has 0 radical (unpaired) electrons. The minimum absolute atomic E-state index is 0.0395. The van der Waals surface area contributed by atoms with E-state index in [2.05, 4.69) is 4.72 Å². The molecule has 0 atom stereocenters. The van der Waals surface area contributed by atoms with E-state index in [9.17, 15) is 8.42 Å². The highest BCUT2D eigenvalue weighted by molar-refractivity contribution is 7.89. The third kappa shape index (κ3) is 4.07. The van der Waals surface area contributed by atoms with Crippen molar-refractivity contribution in [1.82, 2.24) is 4.72 Å². The number of methoxy groups -OCH3 is 2. The molecule has 8 heteroatoms. The molecule has 1 aromatic carbocycles. The first-order chi connectivity index (χ1) is 10.1. The predicted molar refractivity (Wildman–Crippen MR) is 75.0 cm³/mol. The van der Waals surface area contributed by atoms with Crippen LogP contribution in [-0.4, -0.2) is 48.7 Å². The number of sulfonamides is 1. The summed E-state index contributed by atoms with van der Waals surface area (Å²) in [6.07, 6.45) is 0.103. The Balaban J connectivity index is 2.06. The van der Waals surface area contributed by atoms with Crippen LogP contribution in [0.1, 0.15) is 6.42 Å². The monoisotopic (exact) mass is 317 g/mol. The van der Waals surface area contributed by atoms with Gasteiger partial charge in [0.1, 0.15) is 16.4 Å². The van der Waals surface area contributed by atoms with Crippen LogP contribution in [-0.2, 0) is 19.5 Å². The molecule has 0 spiro atoms. The van der Waals surface area contributed by atoms with Crippen LogP contribution in [0.2, 0.25) is 0 Å². The van der Waals surface area contributed by atoms with E-state index in [4.69, 9.17) is 18.9 Å². The molecule has 1 aliphatic rings. The highest BCUT2D eigenvalue weighted by atomic mass is 32.2. The van der Waals surface area contributed by atoms with Crippen molar-refractivity contribution >= 4 is 10.0 Å². The Kier molecular flexibility index (Phi) is 5.40. The lowest BCUT2D eigenvalue weighted by Crippen LogP contribution is -2.28. The summed E-state index contributed by atoms with van der Waals surface area (Å²) in [7, 11) is -0.803. The van der Waals surface area contributed by atoms with Gasteiger partial charge in [0, 0.05) is 19.0 Å². The van der Waals surface area contributed by atoms with E-state index in [1.54, 1.807) is 12.1 Å². The first kappa shape index (κ1) is 16.0. The molecule has 21 heavy (non-hydrogen) atoms. The summed E-state index contributed by atoms with van der Waals surface area (Å²) in [5, 5.41) is 0. The summed E-state index contributed by atoms with van der Waals surface area (Å²) < 4.78 is 47.8. The molecule has 0 aromatic heterocycles. The zero-order chi connectivity index (χ0) is 15.3. The largest absolute Gasteiger partial charge is 0.497 e. The highest BCUT2D eigenvalue weighted by Gasteiger charge is 2.22. The van der Waals surface area contributed by atoms with Crippen LogP contribution >= 0.6 is 0 Å². The minimum Gasteiger partial charge on any atom is -0.497 e. The van der Waals surface area contributed by atoms with E-state index in [0.717, 1.165) is 0 Å². The third-order valence-corrected chi connectivity index (χ3v) is 4.51. The van der Waals surface area contributed by atoms with Crippen molar-refractivity contribution in [2.75, 3.05) is 34.0 Å². The van der Waals surface area contributed by atoms with Crippen molar-refractivity contribution in [3.05, 3.63) is 18.2 Å². The van der Waals surface area contributed by atoms with E-state index in [1.165, 1.54) is 20.3 Å². The Morgan fingerprint density at radius 3 is 2.57 bits per heavy atom. The van der Waals surface area contributed by atoms with Crippen LogP contribution in [0.15, 0.2) is 23.1 Å². The second-order valence-electron chi connectivity index (χ2n) is 4.37. The van der Waals surface area contributed by atoms with E-state index >= 15 is 0 Å². The average molecular weight is 317 g/mol. The molecule has 1 saturated heterocycles. The van der Waals surface area contributed by atoms with Crippen molar-refractivity contribution < 1.29 is 27.4 Å². The van der Waals surface area contributed by atoms with Crippen molar-refractivity contribution in [2.24, 2.45) is 0 Å². The van der Waals surface area contributed by atoms with Gasteiger partial charge in [-0.05, 0) is 12.1 Å². The number of benzene rings is 1. The van der Waals surface area contributed by atoms with E-state index in [-0.39, 0.29) is 23.5 Å². The summed E-state index contributed by atoms with van der Waals surface area (Å²) in [5.41, 5.74) is 0. The first-order valence-electron chi connectivity index (χ1n) is 6.51. The lowest BCUT2D eigenvalue weighted by molar-refractivity contribution is -0.0451. The number of rotatable bonds is 7. The molecule has 0 saturated carbocycles. The van der Waals surface area contributed by atoms with Crippen LogP contribution in [0, 0.1) is 0 Å². The number of hydrogen-bond acceptors (Lipinski definition) is 6. The maximum atomic E-state index is 12.3. The van der Waals surface area contributed by atoms with E-state index in [0.29, 0.717) is 25.4 Å². The molecule has 1 fully saturated rings. The van der Waals surface area contributed by atoms with Crippen LogP contribution < -0.4 is 14.2 Å². The van der Waals surface area contributed by atoms with Gasteiger partial charge < -0.3 is 18.9 Å². The lowest BCUT2D eigenvalue weighted by Gasteiger charge is -2.13. The van der Waals surface area contributed by atoms with Crippen molar-refractivity contribution in [1.29, 1.82) is 0 Å². The fourth-order valence-corrected chi connectivity index (χ4v) is 3.19. The number of nitrogens with one attached hydrogen (secondary N) is 1. The van der Waals surface area contributed by atoms with Gasteiger partial charge in [0.25, 0.3) is 0 Å². The summed E-state index contributed by atoms with van der Waals surface area (Å²) in [4.78, 5) is 0.0395. The van der Waals surface area contributed by atoms with Crippen LogP contribution in [0.4, 0.5) is 0 Å². The first-order valence-corrected chi connectivity index (χ1v) is 8.00. The van der Waals surface area contributed by atoms with Crippen molar-refractivity contribution in [3.8, 4) is 11.5 Å². The molecule has 1 aliphatic heterocycles. The second-order valence-corrected chi connectivity index (χ2v) is 6.11. The second kappa shape index (κ2) is 7.08. The molecule has 1 heterocycles. The quantitative estimate of drug-likeness (QED) is 0.799. The predicted octanol–water partition coefficient (Wildman–Crippen LogP) is 0.745. The topological polar surface area (TPSA) is 83.1 Å². The molecule has 0 aliphatic carbocycles.